The average molecular weight is 250 g/mol. The van der Waals surface area contributed by atoms with Crippen molar-refractivity contribution in [3.05, 3.63) is 0 Å². The van der Waals surface area contributed by atoms with Gasteiger partial charge in [-0.2, -0.15) is 0 Å². The number of hydrogen-bond donors (Lipinski definition) is 2. The molecule has 18 heavy (non-hydrogen) atoms. The number of amides is 2. The van der Waals surface area contributed by atoms with Gasteiger partial charge in [-0.05, 0) is 49.9 Å². The summed E-state index contributed by atoms with van der Waals surface area (Å²) in [5.74, 6) is 2.25. The molecule has 0 aromatic carbocycles. The van der Waals surface area contributed by atoms with Crippen LogP contribution in [0.3, 0.4) is 0 Å². The van der Waals surface area contributed by atoms with Crippen LogP contribution in [0.5, 0.6) is 0 Å². The number of fused-ring (bicyclic) bond motifs is 2. The van der Waals surface area contributed by atoms with Crippen LogP contribution in [0.4, 0.5) is 0 Å². The lowest BCUT2D eigenvalue weighted by Gasteiger charge is -2.20. The second-order valence-corrected chi connectivity index (χ2v) is 6.26. The predicted octanol–water partition coefficient (Wildman–Crippen LogP) is 1.21. The fourth-order valence-corrected chi connectivity index (χ4v) is 3.62. The van der Waals surface area contributed by atoms with E-state index in [2.05, 4.69) is 10.6 Å². The zero-order valence-corrected chi connectivity index (χ0v) is 10.8. The quantitative estimate of drug-likeness (QED) is 0.770. The molecule has 3 saturated carbocycles. The first-order valence-electron chi connectivity index (χ1n) is 7.27. The van der Waals surface area contributed by atoms with Gasteiger partial charge < -0.3 is 10.6 Å². The molecule has 3 rings (SSSR count). The van der Waals surface area contributed by atoms with E-state index in [9.17, 15) is 9.59 Å². The number of hydrogen-bond acceptors (Lipinski definition) is 2. The Morgan fingerprint density at radius 1 is 1.00 bits per heavy atom. The van der Waals surface area contributed by atoms with Gasteiger partial charge in [0, 0.05) is 12.5 Å². The van der Waals surface area contributed by atoms with Crippen LogP contribution in [-0.2, 0) is 9.59 Å². The van der Waals surface area contributed by atoms with Crippen LogP contribution >= 0.6 is 0 Å². The van der Waals surface area contributed by atoms with E-state index in [1.54, 1.807) is 0 Å². The summed E-state index contributed by atoms with van der Waals surface area (Å²) in [5.41, 5.74) is 0. The van der Waals surface area contributed by atoms with Crippen molar-refractivity contribution in [2.75, 3.05) is 6.54 Å². The molecule has 2 bridgehead atoms. The molecule has 0 radical (unpaired) electrons. The van der Waals surface area contributed by atoms with Crippen molar-refractivity contribution < 1.29 is 9.59 Å². The molecule has 4 nitrogen and oxygen atoms in total. The van der Waals surface area contributed by atoms with Crippen molar-refractivity contribution in [2.24, 2.45) is 17.8 Å². The second-order valence-electron chi connectivity index (χ2n) is 6.26. The van der Waals surface area contributed by atoms with E-state index in [1.165, 1.54) is 25.7 Å². The van der Waals surface area contributed by atoms with Gasteiger partial charge >= 0.3 is 0 Å². The molecule has 0 heterocycles. The van der Waals surface area contributed by atoms with Crippen LogP contribution in [0.1, 0.15) is 44.9 Å². The van der Waals surface area contributed by atoms with Crippen molar-refractivity contribution in [3.8, 4) is 0 Å². The Hall–Kier alpha value is -1.06. The monoisotopic (exact) mass is 250 g/mol. The molecule has 3 aliphatic rings. The molecular formula is C14H22N2O2. The van der Waals surface area contributed by atoms with Gasteiger partial charge in [-0.25, -0.2) is 0 Å². The lowest BCUT2D eigenvalue weighted by molar-refractivity contribution is -0.126. The number of rotatable bonds is 5. The van der Waals surface area contributed by atoms with Crippen molar-refractivity contribution in [2.45, 2.75) is 51.0 Å². The first kappa shape index (κ1) is 12.0. The first-order valence-corrected chi connectivity index (χ1v) is 7.27. The zero-order valence-electron chi connectivity index (χ0n) is 10.8. The Balaban J connectivity index is 1.35. The lowest BCUT2D eigenvalue weighted by Crippen LogP contribution is -2.38. The van der Waals surface area contributed by atoms with Crippen molar-refractivity contribution >= 4 is 11.8 Å². The first-order chi connectivity index (χ1) is 8.70. The Bertz CT molecular complexity index is 352. The van der Waals surface area contributed by atoms with Crippen LogP contribution in [-0.4, -0.2) is 24.4 Å². The van der Waals surface area contributed by atoms with E-state index in [1.807, 2.05) is 0 Å². The average Bonchev–Trinajstić information content (AvgIpc) is 2.90. The topological polar surface area (TPSA) is 58.2 Å². The molecule has 0 spiro atoms. The van der Waals surface area contributed by atoms with Crippen LogP contribution < -0.4 is 10.6 Å². The zero-order chi connectivity index (χ0) is 12.5. The highest BCUT2D eigenvalue weighted by molar-refractivity contribution is 5.85. The highest BCUT2D eigenvalue weighted by atomic mass is 16.2. The van der Waals surface area contributed by atoms with Crippen molar-refractivity contribution in [1.29, 1.82) is 0 Å². The van der Waals surface area contributed by atoms with E-state index in [4.69, 9.17) is 0 Å². The highest BCUT2D eigenvalue weighted by Crippen LogP contribution is 2.49. The van der Waals surface area contributed by atoms with E-state index in [0.29, 0.717) is 18.4 Å². The van der Waals surface area contributed by atoms with E-state index in [0.717, 1.165) is 24.7 Å². The maximum absolute atomic E-state index is 11.8. The molecular weight excluding hydrogens is 228 g/mol. The van der Waals surface area contributed by atoms with Gasteiger partial charge in [0.1, 0.15) is 0 Å². The largest absolute Gasteiger partial charge is 0.352 e. The van der Waals surface area contributed by atoms with Crippen LogP contribution in [0.15, 0.2) is 0 Å². The Morgan fingerprint density at radius 2 is 1.83 bits per heavy atom. The van der Waals surface area contributed by atoms with Crippen LogP contribution in [0, 0.1) is 17.8 Å². The number of nitrogens with one attached hydrogen (secondary N) is 2. The molecule has 4 heteroatoms. The Labute approximate surface area is 108 Å². The summed E-state index contributed by atoms with van der Waals surface area (Å²) in [6.07, 6.45) is 8.04. The van der Waals surface area contributed by atoms with Crippen molar-refractivity contribution in [3.63, 3.8) is 0 Å². The molecule has 2 N–H and O–H groups in total. The van der Waals surface area contributed by atoms with Gasteiger partial charge in [0.05, 0.1) is 6.54 Å². The van der Waals surface area contributed by atoms with Crippen LogP contribution in [0.25, 0.3) is 0 Å². The number of carbonyl (C=O) groups is 2. The predicted molar refractivity (Wildman–Crippen MR) is 67.7 cm³/mol. The normalized spacial score (nSPS) is 33.4. The molecule has 3 unspecified atom stereocenters. The maximum Gasteiger partial charge on any atom is 0.239 e. The summed E-state index contributed by atoms with van der Waals surface area (Å²) in [5, 5.41) is 5.63. The van der Waals surface area contributed by atoms with Gasteiger partial charge in [0.2, 0.25) is 11.8 Å². The molecule has 0 aliphatic heterocycles. The van der Waals surface area contributed by atoms with E-state index >= 15 is 0 Å². The van der Waals surface area contributed by atoms with Gasteiger partial charge in [0.15, 0.2) is 0 Å². The van der Waals surface area contributed by atoms with E-state index in [-0.39, 0.29) is 18.4 Å². The Morgan fingerprint density at radius 3 is 2.44 bits per heavy atom. The maximum atomic E-state index is 11.8. The summed E-state index contributed by atoms with van der Waals surface area (Å²) < 4.78 is 0. The Kier molecular flexibility index (Phi) is 3.27. The third kappa shape index (κ3) is 2.85. The third-order valence-corrected chi connectivity index (χ3v) is 4.72. The molecule has 2 amide bonds. The van der Waals surface area contributed by atoms with Crippen molar-refractivity contribution in [1.82, 2.24) is 10.6 Å². The molecule has 3 fully saturated rings. The summed E-state index contributed by atoms with van der Waals surface area (Å²) in [6, 6.07) is 0.375. The van der Waals surface area contributed by atoms with Gasteiger partial charge in [-0.15, -0.1) is 0 Å². The molecule has 0 saturated heterocycles. The molecule has 0 aromatic rings. The fourth-order valence-electron chi connectivity index (χ4n) is 3.62. The van der Waals surface area contributed by atoms with Gasteiger partial charge in [-0.1, -0.05) is 6.42 Å². The standard InChI is InChI=1S/C14H22N2O2/c17-13(15-8-14(18)16-12-3-4-12)7-11-6-9-1-2-10(11)5-9/h9-12H,1-8H2,(H,15,17)(H,16,18). The number of carbonyl (C=O) groups excluding carboxylic acids is 2. The summed E-state index contributed by atoms with van der Waals surface area (Å²) >= 11 is 0. The summed E-state index contributed by atoms with van der Waals surface area (Å²) in [7, 11) is 0. The molecule has 0 aromatic heterocycles. The summed E-state index contributed by atoms with van der Waals surface area (Å²) in [4.78, 5) is 23.2. The lowest BCUT2D eigenvalue weighted by atomic mass is 9.86. The van der Waals surface area contributed by atoms with Gasteiger partial charge in [0.25, 0.3) is 0 Å². The summed E-state index contributed by atoms with van der Waals surface area (Å²) in [6.45, 7) is 0.149. The fraction of sp³-hybridized carbons (Fsp3) is 0.857. The minimum absolute atomic E-state index is 0.0428. The molecule has 3 aliphatic carbocycles. The third-order valence-electron chi connectivity index (χ3n) is 4.72. The van der Waals surface area contributed by atoms with E-state index < -0.39 is 0 Å². The minimum Gasteiger partial charge on any atom is -0.352 e. The van der Waals surface area contributed by atoms with Crippen LogP contribution in [0.2, 0.25) is 0 Å². The second kappa shape index (κ2) is 4.90. The smallest absolute Gasteiger partial charge is 0.239 e. The SMILES string of the molecule is O=C(CC1CC2CCC1C2)NCC(=O)NC1CC1. The molecule has 3 atom stereocenters. The molecule has 100 valence electrons. The highest BCUT2D eigenvalue weighted by Gasteiger charge is 2.40. The minimum atomic E-state index is -0.0428. The van der Waals surface area contributed by atoms with Gasteiger partial charge in [-0.3, -0.25) is 9.59 Å².